The van der Waals surface area contributed by atoms with Crippen LogP contribution in [0.1, 0.15) is 35.3 Å². The zero-order valence-electron chi connectivity index (χ0n) is 18.5. The molecule has 0 aliphatic rings. The maximum Gasteiger partial charge on any atom is 0.251 e. The third-order valence-corrected chi connectivity index (χ3v) is 4.98. The van der Waals surface area contributed by atoms with E-state index in [1.807, 2.05) is 32.0 Å². The molecule has 4 rings (SSSR count). The van der Waals surface area contributed by atoms with Crippen LogP contribution in [0.5, 0.6) is 0 Å². The first-order valence-corrected chi connectivity index (χ1v) is 10.3. The molecule has 0 atom stereocenters. The van der Waals surface area contributed by atoms with E-state index in [-0.39, 0.29) is 12.5 Å². The van der Waals surface area contributed by atoms with Crippen LogP contribution in [0.15, 0.2) is 54.9 Å². The largest absolute Gasteiger partial charge is 0.394 e. The molecule has 0 spiro atoms. The van der Waals surface area contributed by atoms with Gasteiger partial charge in [-0.2, -0.15) is 4.98 Å². The summed E-state index contributed by atoms with van der Waals surface area (Å²) < 4.78 is 1.66. The topological polar surface area (TPSA) is 104 Å². The molecule has 0 bridgehead atoms. The number of hydrogen-bond acceptors (Lipinski definition) is 6. The summed E-state index contributed by atoms with van der Waals surface area (Å²) >= 11 is 0. The number of aliphatic hydroxyl groups excluding tert-OH is 1. The Labute approximate surface area is 186 Å². The molecule has 0 aliphatic carbocycles. The number of nitrogens with zero attached hydrogens (tertiary/aromatic N) is 4. The van der Waals surface area contributed by atoms with Crippen molar-refractivity contribution in [3.63, 3.8) is 0 Å². The van der Waals surface area contributed by atoms with Gasteiger partial charge in [0, 0.05) is 29.2 Å². The normalized spacial score (nSPS) is 11.5. The number of anilines is 2. The van der Waals surface area contributed by atoms with Gasteiger partial charge in [-0.15, -0.1) is 5.10 Å². The Morgan fingerprint density at radius 3 is 2.59 bits per heavy atom. The number of carbonyl (C=O) groups is 1. The van der Waals surface area contributed by atoms with Crippen molar-refractivity contribution in [2.24, 2.45) is 0 Å². The predicted octanol–water partition coefficient (Wildman–Crippen LogP) is 3.65. The summed E-state index contributed by atoms with van der Waals surface area (Å²) in [4.78, 5) is 21.8. The van der Waals surface area contributed by atoms with Gasteiger partial charge in [0.05, 0.1) is 12.1 Å². The van der Waals surface area contributed by atoms with Crippen molar-refractivity contribution in [1.82, 2.24) is 24.9 Å². The van der Waals surface area contributed by atoms with Crippen molar-refractivity contribution < 1.29 is 9.90 Å². The minimum Gasteiger partial charge on any atom is -0.394 e. The average Bonchev–Trinajstić information content (AvgIpc) is 3.15. The van der Waals surface area contributed by atoms with E-state index in [1.165, 1.54) is 0 Å². The number of fused-ring (bicyclic) bond motifs is 1. The first kappa shape index (κ1) is 21.5. The minimum atomic E-state index is -0.715. The van der Waals surface area contributed by atoms with Crippen LogP contribution < -0.4 is 10.6 Å². The fraction of sp³-hybridized carbons (Fsp3) is 0.250. The van der Waals surface area contributed by atoms with Crippen molar-refractivity contribution in [1.29, 1.82) is 0 Å². The average molecular weight is 431 g/mol. The summed E-state index contributed by atoms with van der Waals surface area (Å²) in [5, 5.41) is 20.0. The number of benzene rings is 2. The third-order valence-electron chi connectivity index (χ3n) is 4.98. The van der Waals surface area contributed by atoms with E-state index in [1.54, 1.807) is 49.0 Å². The van der Waals surface area contributed by atoms with Gasteiger partial charge >= 0.3 is 0 Å². The SMILES string of the molecule is Cc1cc(C)cc(Nc2nc3c(-c4cccc(C(=O)NC(C)(C)CO)c4)nccn3n2)c1. The molecule has 8 nitrogen and oxygen atoms in total. The standard InChI is InChI=1S/C24H26N6O2/c1-15-10-16(2)12-19(11-15)26-23-27-21-20(25-8-9-30(21)29-23)17-6-5-7-18(13-17)22(32)28-24(3,4)14-31/h5-13,31H,14H2,1-4H3,(H,26,29)(H,28,32). The zero-order chi connectivity index (χ0) is 22.9. The van der Waals surface area contributed by atoms with Crippen LogP contribution in [0.2, 0.25) is 0 Å². The van der Waals surface area contributed by atoms with E-state index >= 15 is 0 Å². The molecule has 32 heavy (non-hydrogen) atoms. The molecular formula is C24H26N6O2. The van der Waals surface area contributed by atoms with Crippen LogP contribution in [0.4, 0.5) is 11.6 Å². The van der Waals surface area contributed by atoms with Crippen LogP contribution in [-0.2, 0) is 0 Å². The fourth-order valence-electron chi connectivity index (χ4n) is 3.48. The lowest BCUT2D eigenvalue weighted by Crippen LogP contribution is -2.46. The highest BCUT2D eigenvalue weighted by molar-refractivity contribution is 5.96. The highest BCUT2D eigenvalue weighted by atomic mass is 16.3. The quantitative estimate of drug-likeness (QED) is 0.431. The molecule has 0 radical (unpaired) electrons. The molecule has 2 heterocycles. The van der Waals surface area contributed by atoms with Crippen LogP contribution >= 0.6 is 0 Å². The summed E-state index contributed by atoms with van der Waals surface area (Å²) in [6, 6.07) is 13.3. The molecule has 0 unspecified atom stereocenters. The minimum absolute atomic E-state index is 0.157. The highest BCUT2D eigenvalue weighted by Crippen LogP contribution is 2.24. The van der Waals surface area contributed by atoms with Gasteiger partial charge in [0.1, 0.15) is 5.69 Å². The Kier molecular flexibility index (Phi) is 5.63. The van der Waals surface area contributed by atoms with Crippen LogP contribution in [-0.4, -0.2) is 42.7 Å². The van der Waals surface area contributed by atoms with Gasteiger partial charge in [0.25, 0.3) is 5.91 Å². The Balaban J connectivity index is 1.67. The van der Waals surface area contributed by atoms with Crippen LogP contribution in [0, 0.1) is 13.8 Å². The molecule has 3 N–H and O–H groups in total. The smallest absolute Gasteiger partial charge is 0.251 e. The zero-order valence-corrected chi connectivity index (χ0v) is 18.5. The number of aryl methyl sites for hydroxylation is 2. The number of aliphatic hydroxyl groups is 1. The van der Waals surface area contributed by atoms with Gasteiger partial charge in [0.2, 0.25) is 5.95 Å². The summed E-state index contributed by atoms with van der Waals surface area (Å²) in [7, 11) is 0. The molecule has 8 heteroatoms. The monoisotopic (exact) mass is 430 g/mol. The number of hydrogen-bond donors (Lipinski definition) is 3. The van der Waals surface area contributed by atoms with E-state index in [0.29, 0.717) is 22.9 Å². The summed E-state index contributed by atoms with van der Waals surface area (Å²) in [6.07, 6.45) is 3.39. The van der Waals surface area contributed by atoms with Crippen molar-refractivity contribution in [2.75, 3.05) is 11.9 Å². The maximum absolute atomic E-state index is 12.6. The van der Waals surface area contributed by atoms with E-state index in [9.17, 15) is 9.90 Å². The summed E-state index contributed by atoms with van der Waals surface area (Å²) in [6.45, 7) is 7.45. The Morgan fingerprint density at radius 2 is 1.88 bits per heavy atom. The number of aromatic nitrogens is 4. The van der Waals surface area contributed by atoms with E-state index in [4.69, 9.17) is 0 Å². The Morgan fingerprint density at radius 1 is 1.12 bits per heavy atom. The lowest BCUT2D eigenvalue weighted by molar-refractivity contribution is 0.0869. The highest BCUT2D eigenvalue weighted by Gasteiger charge is 2.20. The predicted molar refractivity (Wildman–Crippen MR) is 124 cm³/mol. The van der Waals surface area contributed by atoms with Crippen molar-refractivity contribution >= 4 is 23.2 Å². The number of nitrogens with one attached hydrogen (secondary N) is 2. The number of rotatable bonds is 6. The second-order valence-electron chi connectivity index (χ2n) is 8.56. The van der Waals surface area contributed by atoms with Gasteiger partial charge in [-0.1, -0.05) is 18.2 Å². The molecule has 2 aromatic carbocycles. The second kappa shape index (κ2) is 8.39. The third kappa shape index (κ3) is 4.60. The molecule has 1 amide bonds. The lowest BCUT2D eigenvalue weighted by atomic mass is 10.0. The maximum atomic E-state index is 12.6. The summed E-state index contributed by atoms with van der Waals surface area (Å²) in [5.41, 5.74) is 4.91. The van der Waals surface area contributed by atoms with Crippen molar-refractivity contribution in [3.05, 3.63) is 71.5 Å². The van der Waals surface area contributed by atoms with Gasteiger partial charge in [0.15, 0.2) is 5.65 Å². The molecule has 0 saturated carbocycles. The molecule has 164 valence electrons. The van der Waals surface area contributed by atoms with Crippen molar-refractivity contribution in [2.45, 2.75) is 33.2 Å². The Bertz CT molecular complexity index is 1270. The summed E-state index contributed by atoms with van der Waals surface area (Å²) in [5.74, 6) is 0.194. The first-order valence-electron chi connectivity index (χ1n) is 10.3. The molecule has 0 aliphatic heterocycles. The van der Waals surface area contributed by atoms with Crippen molar-refractivity contribution in [3.8, 4) is 11.3 Å². The molecule has 2 aromatic heterocycles. The lowest BCUT2D eigenvalue weighted by Gasteiger charge is -2.23. The first-order chi connectivity index (χ1) is 15.2. The Hall–Kier alpha value is -3.78. The van der Waals surface area contributed by atoms with E-state index in [0.717, 1.165) is 22.4 Å². The van der Waals surface area contributed by atoms with E-state index < -0.39 is 5.54 Å². The fourth-order valence-corrected chi connectivity index (χ4v) is 3.48. The molecule has 0 saturated heterocycles. The molecule has 4 aromatic rings. The second-order valence-corrected chi connectivity index (χ2v) is 8.56. The van der Waals surface area contributed by atoms with E-state index in [2.05, 4.69) is 31.8 Å². The van der Waals surface area contributed by atoms with Crippen LogP contribution in [0.25, 0.3) is 16.9 Å². The number of amides is 1. The molecule has 0 fully saturated rings. The molecular weight excluding hydrogens is 404 g/mol. The van der Waals surface area contributed by atoms with Gasteiger partial charge in [-0.3, -0.25) is 9.78 Å². The van der Waals surface area contributed by atoms with Crippen LogP contribution in [0.3, 0.4) is 0 Å². The van der Waals surface area contributed by atoms with Gasteiger partial charge in [-0.05, 0) is 63.1 Å². The van der Waals surface area contributed by atoms with Gasteiger partial charge in [-0.25, -0.2) is 4.52 Å². The number of carbonyl (C=O) groups excluding carboxylic acids is 1. The van der Waals surface area contributed by atoms with Gasteiger partial charge < -0.3 is 15.7 Å².